The molecule has 90 valence electrons. The molecule has 0 bridgehead atoms. The molecule has 0 radical (unpaired) electrons. The van der Waals surface area contributed by atoms with Crippen molar-refractivity contribution >= 4 is 17.3 Å². The summed E-state index contributed by atoms with van der Waals surface area (Å²) in [7, 11) is 0. The maximum absolute atomic E-state index is 12.0. The lowest BCUT2D eigenvalue weighted by atomic mass is 10.3. The molecule has 2 aromatic carbocycles. The SMILES string of the molecule is O=C(Nc1ccccc1)C1Nc2ccccc2O1. The summed E-state index contributed by atoms with van der Waals surface area (Å²) in [6.07, 6.45) is -0.678. The van der Waals surface area contributed by atoms with Crippen LogP contribution in [-0.4, -0.2) is 12.1 Å². The largest absolute Gasteiger partial charge is 0.459 e. The van der Waals surface area contributed by atoms with Crippen molar-refractivity contribution < 1.29 is 9.53 Å². The summed E-state index contributed by atoms with van der Waals surface area (Å²) in [5, 5.41) is 5.81. The van der Waals surface area contributed by atoms with Crippen LogP contribution in [0.15, 0.2) is 54.6 Å². The Morgan fingerprint density at radius 3 is 2.56 bits per heavy atom. The van der Waals surface area contributed by atoms with Gasteiger partial charge in [-0.3, -0.25) is 4.79 Å². The Morgan fingerprint density at radius 2 is 1.78 bits per heavy atom. The van der Waals surface area contributed by atoms with E-state index in [0.717, 1.165) is 11.4 Å². The van der Waals surface area contributed by atoms with Gasteiger partial charge in [0, 0.05) is 5.69 Å². The standard InChI is InChI=1S/C14H12N2O2/c17-13(15-10-6-2-1-3-7-10)14-16-11-8-4-5-9-12(11)18-14/h1-9,14,16H,(H,15,17). The van der Waals surface area contributed by atoms with Gasteiger partial charge < -0.3 is 15.4 Å². The van der Waals surface area contributed by atoms with Crippen molar-refractivity contribution in [3.8, 4) is 5.75 Å². The van der Waals surface area contributed by atoms with Crippen molar-refractivity contribution in [3.63, 3.8) is 0 Å². The minimum Gasteiger partial charge on any atom is -0.459 e. The summed E-state index contributed by atoms with van der Waals surface area (Å²) < 4.78 is 5.52. The van der Waals surface area contributed by atoms with E-state index in [1.165, 1.54) is 0 Å². The maximum atomic E-state index is 12.0. The summed E-state index contributed by atoms with van der Waals surface area (Å²) in [5.41, 5.74) is 1.59. The van der Waals surface area contributed by atoms with E-state index in [9.17, 15) is 4.79 Å². The van der Waals surface area contributed by atoms with Gasteiger partial charge in [-0.25, -0.2) is 0 Å². The number of benzene rings is 2. The second kappa shape index (κ2) is 4.41. The fraction of sp³-hybridized carbons (Fsp3) is 0.0714. The van der Waals surface area contributed by atoms with E-state index in [-0.39, 0.29) is 5.91 Å². The van der Waals surface area contributed by atoms with Crippen LogP contribution in [0.2, 0.25) is 0 Å². The smallest absolute Gasteiger partial charge is 0.286 e. The first-order valence-electron chi connectivity index (χ1n) is 5.71. The zero-order valence-corrected chi connectivity index (χ0v) is 9.59. The first-order valence-corrected chi connectivity index (χ1v) is 5.71. The number of carbonyl (C=O) groups excluding carboxylic acids is 1. The molecule has 1 aliphatic rings. The average Bonchev–Trinajstić information content (AvgIpc) is 2.84. The van der Waals surface area contributed by atoms with E-state index in [2.05, 4.69) is 10.6 Å². The van der Waals surface area contributed by atoms with E-state index < -0.39 is 6.23 Å². The minimum atomic E-state index is -0.678. The van der Waals surface area contributed by atoms with Crippen LogP contribution >= 0.6 is 0 Å². The van der Waals surface area contributed by atoms with Gasteiger partial charge in [-0.2, -0.15) is 0 Å². The molecule has 0 fully saturated rings. The van der Waals surface area contributed by atoms with Crippen LogP contribution < -0.4 is 15.4 Å². The van der Waals surface area contributed by atoms with Gasteiger partial charge in [0.25, 0.3) is 5.91 Å². The number of nitrogens with one attached hydrogen (secondary N) is 2. The Morgan fingerprint density at radius 1 is 1.06 bits per heavy atom. The quantitative estimate of drug-likeness (QED) is 0.847. The Bertz CT molecular complexity index is 544. The predicted molar refractivity (Wildman–Crippen MR) is 69.6 cm³/mol. The Kier molecular flexibility index (Phi) is 2.61. The molecule has 2 N–H and O–H groups in total. The molecule has 0 saturated heterocycles. The second-order valence-corrected chi connectivity index (χ2v) is 3.99. The van der Waals surface area contributed by atoms with Crippen molar-refractivity contribution in [1.29, 1.82) is 0 Å². The molecule has 1 atom stereocenters. The number of amides is 1. The number of fused-ring (bicyclic) bond motifs is 1. The Hall–Kier alpha value is -2.49. The Balaban J connectivity index is 1.70. The van der Waals surface area contributed by atoms with Gasteiger partial charge in [-0.1, -0.05) is 30.3 Å². The van der Waals surface area contributed by atoms with Crippen LogP contribution in [0.4, 0.5) is 11.4 Å². The molecule has 0 aliphatic carbocycles. The molecule has 4 heteroatoms. The van der Waals surface area contributed by atoms with Gasteiger partial charge in [-0.05, 0) is 24.3 Å². The van der Waals surface area contributed by atoms with E-state index >= 15 is 0 Å². The molecular formula is C14H12N2O2. The zero-order chi connectivity index (χ0) is 12.4. The number of rotatable bonds is 2. The lowest BCUT2D eigenvalue weighted by Crippen LogP contribution is -2.35. The molecule has 0 saturated carbocycles. The number of para-hydroxylation sites is 3. The molecule has 1 heterocycles. The summed E-state index contributed by atoms with van der Waals surface area (Å²) in [6.45, 7) is 0. The maximum Gasteiger partial charge on any atom is 0.286 e. The number of hydrogen-bond acceptors (Lipinski definition) is 3. The van der Waals surface area contributed by atoms with E-state index in [1.807, 2.05) is 54.6 Å². The molecule has 1 aliphatic heterocycles. The fourth-order valence-corrected chi connectivity index (χ4v) is 1.83. The van der Waals surface area contributed by atoms with Crippen LogP contribution in [0, 0.1) is 0 Å². The summed E-state index contributed by atoms with van der Waals surface area (Å²) >= 11 is 0. The van der Waals surface area contributed by atoms with Crippen LogP contribution in [0.1, 0.15) is 0 Å². The highest BCUT2D eigenvalue weighted by molar-refractivity contribution is 5.96. The Labute approximate surface area is 105 Å². The summed E-state index contributed by atoms with van der Waals surface area (Å²) in [5.74, 6) is 0.489. The average molecular weight is 240 g/mol. The number of ether oxygens (including phenoxy) is 1. The highest BCUT2D eigenvalue weighted by Gasteiger charge is 2.27. The number of carbonyl (C=O) groups is 1. The summed E-state index contributed by atoms with van der Waals surface area (Å²) in [6, 6.07) is 16.8. The van der Waals surface area contributed by atoms with Crippen LogP contribution in [-0.2, 0) is 4.79 Å². The van der Waals surface area contributed by atoms with Gasteiger partial charge in [0.1, 0.15) is 5.75 Å². The highest BCUT2D eigenvalue weighted by atomic mass is 16.5. The van der Waals surface area contributed by atoms with E-state index in [0.29, 0.717) is 5.75 Å². The molecule has 3 rings (SSSR count). The summed E-state index contributed by atoms with van der Waals surface area (Å²) in [4.78, 5) is 12.0. The van der Waals surface area contributed by atoms with E-state index in [4.69, 9.17) is 4.74 Å². The lowest BCUT2D eigenvalue weighted by Gasteiger charge is -2.11. The predicted octanol–water partition coefficient (Wildman–Crippen LogP) is 2.46. The van der Waals surface area contributed by atoms with Crippen LogP contribution in [0.5, 0.6) is 5.75 Å². The second-order valence-electron chi connectivity index (χ2n) is 3.99. The van der Waals surface area contributed by atoms with E-state index in [1.54, 1.807) is 0 Å². The monoisotopic (exact) mass is 240 g/mol. The van der Waals surface area contributed by atoms with Gasteiger partial charge in [0.2, 0.25) is 6.23 Å². The van der Waals surface area contributed by atoms with Crippen molar-refractivity contribution in [1.82, 2.24) is 0 Å². The molecule has 0 aromatic heterocycles. The van der Waals surface area contributed by atoms with Gasteiger partial charge >= 0.3 is 0 Å². The van der Waals surface area contributed by atoms with Gasteiger partial charge in [0.05, 0.1) is 5.69 Å². The molecule has 18 heavy (non-hydrogen) atoms. The van der Waals surface area contributed by atoms with Crippen molar-refractivity contribution in [2.24, 2.45) is 0 Å². The van der Waals surface area contributed by atoms with Crippen LogP contribution in [0.25, 0.3) is 0 Å². The third-order valence-corrected chi connectivity index (χ3v) is 2.70. The first kappa shape index (κ1) is 10.7. The fourth-order valence-electron chi connectivity index (χ4n) is 1.83. The van der Waals surface area contributed by atoms with Crippen LogP contribution in [0.3, 0.4) is 0 Å². The number of hydrogen-bond donors (Lipinski definition) is 2. The van der Waals surface area contributed by atoms with Crippen molar-refractivity contribution in [2.45, 2.75) is 6.23 Å². The minimum absolute atomic E-state index is 0.211. The van der Waals surface area contributed by atoms with Gasteiger partial charge in [0.15, 0.2) is 0 Å². The molecule has 4 nitrogen and oxygen atoms in total. The number of anilines is 2. The molecule has 2 aromatic rings. The normalized spacial score (nSPS) is 16.3. The molecule has 1 amide bonds. The first-order chi connectivity index (χ1) is 8.83. The topological polar surface area (TPSA) is 50.4 Å². The molecule has 1 unspecified atom stereocenters. The third-order valence-electron chi connectivity index (χ3n) is 2.70. The van der Waals surface area contributed by atoms with Crippen molar-refractivity contribution in [2.75, 3.05) is 10.6 Å². The highest BCUT2D eigenvalue weighted by Crippen LogP contribution is 2.31. The van der Waals surface area contributed by atoms with Gasteiger partial charge in [-0.15, -0.1) is 0 Å². The zero-order valence-electron chi connectivity index (χ0n) is 9.59. The third kappa shape index (κ3) is 2.00. The molecule has 0 spiro atoms. The lowest BCUT2D eigenvalue weighted by molar-refractivity contribution is -0.121. The molecular weight excluding hydrogens is 228 g/mol. The van der Waals surface area contributed by atoms with Crippen molar-refractivity contribution in [3.05, 3.63) is 54.6 Å².